The average molecular weight is 289 g/mol. The van der Waals surface area contributed by atoms with Crippen LogP contribution >= 0.6 is 0 Å². The van der Waals surface area contributed by atoms with Crippen molar-refractivity contribution in [2.75, 3.05) is 20.8 Å². The minimum Gasteiger partial charge on any atom is -0.493 e. The van der Waals surface area contributed by atoms with E-state index >= 15 is 0 Å². The Balaban J connectivity index is 2.09. The molecule has 1 saturated heterocycles. The van der Waals surface area contributed by atoms with Crippen molar-refractivity contribution in [1.82, 2.24) is 4.90 Å². The summed E-state index contributed by atoms with van der Waals surface area (Å²) >= 11 is 0. The van der Waals surface area contributed by atoms with Gasteiger partial charge in [0.05, 0.1) is 14.2 Å². The van der Waals surface area contributed by atoms with E-state index in [2.05, 4.69) is 0 Å². The Morgan fingerprint density at radius 2 is 1.95 bits per heavy atom. The monoisotopic (exact) mass is 289 g/mol. The second kappa shape index (κ2) is 6.92. The third-order valence-corrected chi connectivity index (χ3v) is 3.42. The maximum atomic E-state index is 12.0. The summed E-state index contributed by atoms with van der Waals surface area (Å²) < 4.78 is 10.4. The molecule has 5 nitrogen and oxygen atoms in total. The largest absolute Gasteiger partial charge is 0.493 e. The number of piperidine rings is 1. The summed E-state index contributed by atoms with van der Waals surface area (Å²) in [5.74, 6) is 0.867. The minimum absolute atomic E-state index is 0.0942. The molecule has 0 N–H and O–H groups in total. The van der Waals surface area contributed by atoms with E-state index in [1.807, 2.05) is 6.07 Å². The molecule has 21 heavy (non-hydrogen) atoms. The molecule has 0 aliphatic carbocycles. The standard InChI is InChI=1S/C16H19NO4/c1-20-13-8-6-12(11-14(13)21-2)7-9-16(19)17-10-4-3-5-15(17)18/h6-9,11H,3-5,10H2,1-2H3/b9-7+. The van der Waals surface area contributed by atoms with Gasteiger partial charge in [-0.25, -0.2) is 0 Å². The van der Waals surface area contributed by atoms with E-state index in [9.17, 15) is 9.59 Å². The van der Waals surface area contributed by atoms with E-state index < -0.39 is 0 Å². The van der Waals surface area contributed by atoms with Gasteiger partial charge in [0.2, 0.25) is 5.91 Å². The van der Waals surface area contributed by atoms with Crippen molar-refractivity contribution < 1.29 is 19.1 Å². The van der Waals surface area contributed by atoms with E-state index in [0.29, 0.717) is 24.5 Å². The van der Waals surface area contributed by atoms with Crippen LogP contribution in [0.15, 0.2) is 24.3 Å². The van der Waals surface area contributed by atoms with Gasteiger partial charge in [-0.2, -0.15) is 0 Å². The van der Waals surface area contributed by atoms with Gasteiger partial charge in [0.25, 0.3) is 5.91 Å². The summed E-state index contributed by atoms with van der Waals surface area (Å²) in [5.41, 5.74) is 0.811. The fraction of sp³-hybridized carbons (Fsp3) is 0.375. The molecular weight excluding hydrogens is 270 g/mol. The molecule has 0 unspecified atom stereocenters. The van der Waals surface area contributed by atoms with Crippen LogP contribution < -0.4 is 9.47 Å². The molecule has 112 valence electrons. The van der Waals surface area contributed by atoms with Gasteiger partial charge in [0.1, 0.15) is 0 Å². The van der Waals surface area contributed by atoms with Crippen molar-refractivity contribution in [2.24, 2.45) is 0 Å². The molecule has 1 aromatic carbocycles. The lowest BCUT2D eigenvalue weighted by Gasteiger charge is -2.23. The molecule has 0 bridgehead atoms. The molecule has 2 rings (SSSR count). The van der Waals surface area contributed by atoms with Gasteiger partial charge in [-0.3, -0.25) is 14.5 Å². The van der Waals surface area contributed by atoms with Gasteiger partial charge in [-0.15, -0.1) is 0 Å². The van der Waals surface area contributed by atoms with Gasteiger partial charge in [-0.05, 0) is 36.6 Å². The van der Waals surface area contributed by atoms with Gasteiger partial charge in [0.15, 0.2) is 11.5 Å². The number of nitrogens with zero attached hydrogens (tertiary/aromatic N) is 1. The van der Waals surface area contributed by atoms with E-state index in [4.69, 9.17) is 9.47 Å². The highest BCUT2D eigenvalue weighted by Gasteiger charge is 2.22. The number of imide groups is 1. The summed E-state index contributed by atoms with van der Waals surface area (Å²) in [4.78, 5) is 25.0. The molecule has 5 heteroatoms. The molecule has 1 aromatic rings. The quantitative estimate of drug-likeness (QED) is 0.798. The zero-order valence-electron chi connectivity index (χ0n) is 12.3. The average Bonchev–Trinajstić information content (AvgIpc) is 2.52. The van der Waals surface area contributed by atoms with Crippen molar-refractivity contribution in [2.45, 2.75) is 19.3 Å². The second-order valence-corrected chi connectivity index (χ2v) is 4.79. The zero-order chi connectivity index (χ0) is 15.2. The van der Waals surface area contributed by atoms with E-state index in [-0.39, 0.29) is 11.8 Å². The van der Waals surface area contributed by atoms with Crippen molar-refractivity contribution in [3.8, 4) is 11.5 Å². The predicted molar refractivity (Wildman–Crippen MR) is 79.2 cm³/mol. The molecule has 0 atom stereocenters. The number of hydrogen-bond donors (Lipinski definition) is 0. The van der Waals surface area contributed by atoms with Crippen LogP contribution in [0.25, 0.3) is 6.08 Å². The lowest BCUT2D eigenvalue weighted by atomic mass is 10.1. The lowest BCUT2D eigenvalue weighted by molar-refractivity contribution is -0.143. The highest BCUT2D eigenvalue weighted by atomic mass is 16.5. The molecule has 1 aliphatic heterocycles. The molecule has 0 saturated carbocycles. The SMILES string of the molecule is COc1ccc(/C=C/C(=O)N2CCCCC2=O)cc1OC. The zero-order valence-corrected chi connectivity index (χ0v) is 12.3. The Hall–Kier alpha value is -2.30. The normalized spacial score (nSPS) is 15.3. The lowest BCUT2D eigenvalue weighted by Crippen LogP contribution is -2.39. The Morgan fingerprint density at radius 3 is 2.62 bits per heavy atom. The third-order valence-electron chi connectivity index (χ3n) is 3.42. The van der Waals surface area contributed by atoms with Crippen molar-refractivity contribution in [1.29, 1.82) is 0 Å². The summed E-state index contributed by atoms with van der Waals surface area (Å²) in [6.07, 6.45) is 5.29. The van der Waals surface area contributed by atoms with Crippen LogP contribution in [0.5, 0.6) is 11.5 Å². The molecule has 1 heterocycles. The topological polar surface area (TPSA) is 55.8 Å². The van der Waals surface area contributed by atoms with Gasteiger partial charge < -0.3 is 9.47 Å². The fourth-order valence-corrected chi connectivity index (χ4v) is 2.25. The summed E-state index contributed by atoms with van der Waals surface area (Å²) in [6.45, 7) is 0.508. The molecule has 0 spiro atoms. The number of likely N-dealkylation sites (tertiary alicyclic amines) is 1. The van der Waals surface area contributed by atoms with Crippen LogP contribution in [-0.2, 0) is 9.59 Å². The Morgan fingerprint density at radius 1 is 1.19 bits per heavy atom. The number of ether oxygens (including phenoxy) is 2. The van der Waals surface area contributed by atoms with Crippen molar-refractivity contribution >= 4 is 17.9 Å². The minimum atomic E-state index is -0.269. The highest BCUT2D eigenvalue weighted by Crippen LogP contribution is 2.28. The van der Waals surface area contributed by atoms with Crippen LogP contribution in [0.4, 0.5) is 0 Å². The Bertz CT molecular complexity index is 565. The first-order valence-electron chi connectivity index (χ1n) is 6.90. The number of carbonyl (C=O) groups is 2. The van der Waals surface area contributed by atoms with E-state index in [0.717, 1.165) is 18.4 Å². The van der Waals surface area contributed by atoms with Gasteiger partial charge in [-0.1, -0.05) is 6.07 Å². The fourth-order valence-electron chi connectivity index (χ4n) is 2.25. The number of rotatable bonds is 4. The number of amides is 2. The molecule has 0 radical (unpaired) electrons. The molecule has 2 amide bonds. The molecule has 1 aliphatic rings. The molecule has 1 fully saturated rings. The summed E-state index contributed by atoms with van der Waals surface area (Å²) in [6, 6.07) is 5.37. The van der Waals surface area contributed by atoms with Crippen molar-refractivity contribution in [3.63, 3.8) is 0 Å². The van der Waals surface area contributed by atoms with E-state index in [1.54, 1.807) is 32.4 Å². The second-order valence-electron chi connectivity index (χ2n) is 4.79. The third kappa shape index (κ3) is 3.62. The Labute approximate surface area is 124 Å². The van der Waals surface area contributed by atoms with Crippen LogP contribution in [0.2, 0.25) is 0 Å². The predicted octanol–water partition coefficient (Wildman–Crippen LogP) is 2.26. The number of carbonyl (C=O) groups excluding carboxylic acids is 2. The van der Waals surface area contributed by atoms with Gasteiger partial charge in [0, 0.05) is 19.0 Å². The number of hydrogen-bond acceptors (Lipinski definition) is 4. The molecule has 0 aromatic heterocycles. The first kappa shape index (κ1) is 15.1. The first-order chi connectivity index (χ1) is 10.2. The number of methoxy groups -OCH3 is 2. The maximum absolute atomic E-state index is 12.0. The Kier molecular flexibility index (Phi) is 4.98. The van der Waals surface area contributed by atoms with Crippen LogP contribution in [0.1, 0.15) is 24.8 Å². The van der Waals surface area contributed by atoms with Crippen LogP contribution in [0, 0.1) is 0 Å². The smallest absolute Gasteiger partial charge is 0.253 e. The van der Waals surface area contributed by atoms with Crippen molar-refractivity contribution in [3.05, 3.63) is 29.8 Å². The van der Waals surface area contributed by atoms with Crippen LogP contribution in [-0.4, -0.2) is 37.5 Å². The first-order valence-corrected chi connectivity index (χ1v) is 6.90. The maximum Gasteiger partial charge on any atom is 0.253 e. The van der Waals surface area contributed by atoms with Gasteiger partial charge >= 0.3 is 0 Å². The van der Waals surface area contributed by atoms with Crippen LogP contribution in [0.3, 0.4) is 0 Å². The highest BCUT2D eigenvalue weighted by molar-refractivity contribution is 6.03. The summed E-state index contributed by atoms with van der Waals surface area (Å²) in [5, 5.41) is 0. The number of benzene rings is 1. The summed E-state index contributed by atoms with van der Waals surface area (Å²) in [7, 11) is 3.13. The van der Waals surface area contributed by atoms with E-state index in [1.165, 1.54) is 11.0 Å². The molecular formula is C16H19NO4.